The first-order chi connectivity index (χ1) is 16.9. The minimum absolute atomic E-state index is 0.0870. The third-order valence-electron chi connectivity index (χ3n) is 6.56. The van der Waals surface area contributed by atoms with Crippen LogP contribution in [0, 0.1) is 5.82 Å². The van der Waals surface area contributed by atoms with Gasteiger partial charge < -0.3 is 9.84 Å². The molecule has 2 unspecified atom stereocenters. The molecule has 0 bridgehead atoms. The first-order valence-electron chi connectivity index (χ1n) is 11.3. The second kappa shape index (κ2) is 9.56. The largest absolute Gasteiger partial charge is 0.493 e. The van der Waals surface area contributed by atoms with Crippen LogP contribution in [0.5, 0.6) is 5.75 Å². The van der Waals surface area contributed by atoms with Crippen LogP contribution < -0.4 is 9.04 Å². The summed E-state index contributed by atoms with van der Waals surface area (Å²) in [6.07, 6.45) is 0.957. The van der Waals surface area contributed by atoms with Crippen molar-refractivity contribution in [1.82, 2.24) is 9.88 Å². The van der Waals surface area contributed by atoms with Gasteiger partial charge in [0.2, 0.25) is 0 Å². The van der Waals surface area contributed by atoms with E-state index in [-0.39, 0.29) is 21.9 Å². The van der Waals surface area contributed by atoms with Gasteiger partial charge in [-0.3, -0.25) is 4.90 Å². The molecular formula is C24H24FN3O5S2. The Labute approximate surface area is 206 Å². The number of halogens is 1. The van der Waals surface area contributed by atoms with Crippen LogP contribution in [0.3, 0.4) is 0 Å². The molecule has 1 N–H and O–H groups in total. The van der Waals surface area contributed by atoms with E-state index in [9.17, 15) is 18.3 Å². The Morgan fingerprint density at radius 2 is 2.03 bits per heavy atom. The summed E-state index contributed by atoms with van der Waals surface area (Å²) in [5.41, 5.74) is 3.16. The Kier molecular flexibility index (Phi) is 6.47. The number of aromatic nitrogens is 1. The highest BCUT2D eigenvalue weighted by Crippen LogP contribution is 2.42. The molecule has 5 rings (SSSR count). The molecule has 3 heterocycles. The monoisotopic (exact) mass is 517 g/mol. The molecule has 11 heteroatoms. The van der Waals surface area contributed by atoms with E-state index in [0.29, 0.717) is 24.5 Å². The van der Waals surface area contributed by atoms with Crippen molar-refractivity contribution in [3.63, 3.8) is 0 Å². The number of fused-ring (bicyclic) bond motifs is 1. The van der Waals surface area contributed by atoms with Crippen molar-refractivity contribution in [1.29, 1.82) is 0 Å². The summed E-state index contributed by atoms with van der Waals surface area (Å²) in [4.78, 5) is 17.1. The number of rotatable bonds is 5. The molecule has 3 aromatic rings. The van der Waals surface area contributed by atoms with Crippen molar-refractivity contribution in [2.24, 2.45) is 0 Å². The number of anilines is 1. The van der Waals surface area contributed by atoms with E-state index in [1.54, 1.807) is 0 Å². The highest BCUT2D eigenvalue weighted by Gasteiger charge is 2.38. The fourth-order valence-electron chi connectivity index (χ4n) is 4.96. The summed E-state index contributed by atoms with van der Waals surface area (Å²) in [5.74, 6) is -0.703. The zero-order chi connectivity index (χ0) is 24.6. The van der Waals surface area contributed by atoms with Crippen molar-refractivity contribution < 1.29 is 27.4 Å². The smallest absolute Gasteiger partial charge is 0.427 e. The highest BCUT2D eigenvalue weighted by atomic mass is 32.2. The fourth-order valence-corrected chi connectivity index (χ4v) is 6.86. The number of hydrogen-bond donors (Lipinski definition) is 1. The number of ether oxygens (including phenoxy) is 1. The van der Waals surface area contributed by atoms with Gasteiger partial charge in [-0.2, -0.15) is 0 Å². The van der Waals surface area contributed by atoms with Crippen LogP contribution in [-0.2, 0) is 10.0 Å². The van der Waals surface area contributed by atoms with E-state index < -0.39 is 26.8 Å². The number of sulfonamides is 1. The molecule has 1 aromatic heterocycles. The fraction of sp³-hybridized carbons (Fsp3) is 0.333. The number of amides is 1. The zero-order valence-electron chi connectivity index (χ0n) is 18.7. The van der Waals surface area contributed by atoms with Crippen LogP contribution in [0.4, 0.5) is 15.0 Å². The molecule has 35 heavy (non-hydrogen) atoms. The van der Waals surface area contributed by atoms with Gasteiger partial charge in [-0.1, -0.05) is 30.3 Å². The second-order valence-electron chi connectivity index (χ2n) is 8.62. The molecule has 2 aliphatic heterocycles. The van der Waals surface area contributed by atoms with E-state index in [0.717, 1.165) is 43.3 Å². The Hall–Kier alpha value is -3.02. The minimum Gasteiger partial charge on any atom is -0.493 e. The summed E-state index contributed by atoms with van der Waals surface area (Å²) in [5, 5.41) is 10.8. The second-order valence-corrected chi connectivity index (χ2v) is 11.1. The van der Waals surface area contributed by atoms with Crippen molar-refractivity contribution in [3.8, 4) is 5.75 Å². The van der Waals surface area contributed by atoms with Gasteiger partial charge in [0.05, 0.1) is 12.1 Å². The third kappa shape index (κ3) is 4.51. The normalized spacial score (nSPS) is 20.6. The van der Waals surface area contributed by atoms with Crippen LogP contribution in [0.15, 0.2) is 58.3 Å². The Balaban J connectivity index is 1.47. The lowest BCUT2D eigenvalue weighted by atomic mass is 9.88. The SMILES string of the molecule is O=C(O)N(c1cscn1)S(=O)(=O)c1cc2c(cc1F)C(N1CCCC(c3ccccc3)C1)CCO2. The summed E-state index contributed by atoms with van der Waals surface area (Å²) in [7, 11) is -4.77. The molecule has 1 fully saturated rings. The number of benzene rings is 2. The van der Waals surface area contributed by atoms with Crippen molar-refractivity contribution in [2.45, 2.75) is 36.1 Å². The van der Waals surface area contributed by atoms with E-state index in [1.807, 2.05) is 18.2 Å². The third-order valence-corrected chi connectivity index (χ3v) is 8.82. The number of piperidine rings is 1. The molecular weight excluding hydrogens is 493 g/mol. The zero-order valence-corrected chi connectivity index (χ0v) is 20.3. The highest BCUT2D eigenvalue weighted by molar-refractivity contribution is 7.93. The van der Waals surface area contributed by atoms with Crippen LogP contribution in [0.1, 0.15) is 42.3 Å². The first-order valence-corrected chi connectivity index (χ1v) is 13.7. The van der Waals surface area contributed by atoms with Crippen LogP contribution in [0.25, 0.3) is 0 Å². The summed E-state index contributed by atoms with van der Waals surface area (Å²) >= 11 is 1.03. The molecule has 1 saturated heterocycles. The summed E-state index contributed by atoms with van der Waals surface area (Å²) in [6.45, 7) is 2.02. The van der Waals surface area contributed by atoms with Crippen LogP contribution in [0.2, 0.25) is 0 Å². The molecule has 2 atom stereocenters. The Morgan fingerprint density at radius 1 is 1.23 bits per heavy atom. The molecule has 0 aliphatic carbocycles. The molecule has 2 aliphatic rings. The average molecular weight is 518 g/mol. The quantitative estimate of drug-likeness (QED) is 0.516. The lowest BCUT2D eigenvalue weighted by Crippen LogP contribution is -2.40. The van der Waals surface area contributed by atoms with Crippen molar-refractivity contribution in [3.05, 3.63) is 70.3 Å². The molecule has 0 spiro atoms. The predicted octanol–water partition coefficient (Wildman–Crippen LogP) is 4.86. The first kappa shape index (κ1) is 23.7. The molecule has 1 amide bonds. The lowest BCUT2D eigenvalue weighted by Gasteiger charge is -2.41. The number of carbonyl (C=O) groups is 1. The van der Waals surface area contributed by atoms with Gasteiger partial charge in [-0.25, -0.2) is 22.6 Å². The topological polar surface area (TPSA) is 100 Å². The van der Waals surface area contributed by atoms with E-state index in [1.165, 1.54) is 22.5 Å². The lowest BCUT2D eigenvalue weighted by molar-refractivity contribution is 0.108. The number of nitrogens with zero attached hydrogens (tertiary/aromatic N) is 3. The standard InChI is InChI=1S/C24H24FN3O5S2/c25-19-11-18-20(27-9-4-7-17(13-27)16-5-2-1-3-6-16)8-10-33-21(18)12-22(19)35(31,32)28(24(29)30)23-14-34-15-26-23/h1-3,5-6,11-12,14-15,17,20H,4,7-10,13H2,(H,29,30). The van der Waals surface area contributed by atoms with E-state index in [2.05, 4.69) is 22.0 Å². The van der Waals surface area contributed by atoms with E-state index >= 15 is 4.39 Å². The van der Waals surface area contributed by atoms with Gasteiger partial charge in [0.25, 0.3) is 10.0 Å². The van der Waals surface area contributed by atoms with Gasteiger partial charge in [-0.05, 0) is 36.9 Å². The molecule has 2 aromatic carbocycles. The van der Waals surface area contributed by atoms with Gasteiger partial charge in [0.15, 0.2) is 5.82 Å². The van der Waals surface area contributed by atoms with Crippen LogP contribution >= 0.6 is 11.3 Å². The maximum Gasteiger partial charge on any atom is 0.427 e. The molecule has 184 valence electrons. The molecule has 0 radical (unpaired) electrons. The maximum absolute atomic E-state index is 15.3. The summed E-state index contributed by atoms with van der Waals surface area (Å²) < 4.78 is 47.5. The van der Waals surface area contributed by atoms with Crippen molar-refractivity contribution >= 4 is 33.3 Å². The summed E-state index contributed by atoms with van der Waals surface area (Å²) in [6, 6.07) is 12.5. The Morgan fingerprint density at radius 3 is 2.74 bits per heavy atom. The van der Waals surface area contributed by atoms with Gasteiger partial charge in [0.1, 0.15) is 16.5 Å². The maximum atomic E-state index is 15.3. The Bertz CT molecular complexity index is 1320. The van der Waals surface area contributed by atoms with Crippen molar-refractivity contribution in [2.75, 3.05) is 24.0 Å². The number of carboxylic acid groups (broad SMARTS) is 1. The minimum atomic E-state index is -4.77. The average Bonchev–Trinajstić information content (AvgIpc) is 3.37. The molecule has 8 nitrogen and oxygen atoms in total. The van der Waals surface area contributed by atoms with E-state index in [4.69, 9.17) is 4.74 Å². The number of thiazole rings is 1. The predicted molar refractivity (Wildman–Crippen MR) is 129 cm³/mol. The molecule has 0 saturated carbocycles. The number of likely N-dealkylation sites (tertiary alicyclic amines) is 1. The van der Waals surface area contributed by atoms with Gasteiger partial charge in [0, 0.05) is 36.0 Å². The van der Waals surface area contributed by atoms with Gasteiger partial charge >= 0.3 is 6.09 Å². The van der Waals surface area contributed by atoms with Gasteiger partial charge in [-0.15, -0.1) is 15.6 Å². The van der Waals surface area contributed by atoms with Crippen LogP contribution in [-0.4, -0.2) is 49.2 Å². The number of hydrogen-bond acceptors (Lipinski definition) is 7.